The van der Waals surface area contributed by atoms with Crippen molar-refractivity contribution in [1.29, 1.82) is 0 Å². The normalized spacial score (nSPS) is 13.0. The van der Waals surface area contributed by atoms with E-state index in [0.717, 1.165) is 191 Å². The number of benzene rings is 21. The lowest BCUT2D eigenvalue weighted by atomic mass is 9.35. The summed E-state index contributed by atoms with van der Waals surface area (Å²) in [5.74, 6) is 14.1. The monoisotopic (exact) mass is 1850 g/mol. The molecule has 0 N–H and O–H groups in total. The highest BCUT2D eigenvalue weighted by Crippen LogP contribution is 2.49. The van der Waals surface area contributed by atoms with Gasteiger partial charge in [0.25, 0.3) is 26.9 Å². The Bertz CT molecular complexity index is 8870. The van der Waals surface area contributed by atoms with Gasteiger partial charge in [0.05, 0.1) is 0 Å². The topological polar surface area (TPSA) is 100 Å². The Morgan fingerprint density at radius 3 is 0.782 bits per heavy atom. The maximum absolute atomic E-state index is 6.55. The van der Waals surface area contributed by atoms with Crippen LogP contribution < -0.4 is 103 Å². The van der Waals surface area contributed by atoms with Gasteiger partial charge in [0, 0.05) is 83.7 Å². The van der Waals surface area contributed by atoms with Crippen LogP contribution in [0.5, 0.6) is 92.0 Å². The Morgan fingerprint density at radius 1 is 0.134 bits per heavy atom. The fourth-order valence-electron chi connectivity index (χ4n) is 22.7. The van der Waals surface area contributed by atoms with E-state index in [1.165, 1.54) is 107 Å². The van der Waals surface area contributed by atoms with Gasteiger partial charge in [-0.2, -0.15) is 0 Å². The minimum atomic E-state index is -0.0519. The minimum absolute atomic E-state index is 0.0519. The Balaban J connectivity index is 0.0000000887. The molecule has 8 aliphatic heterocycles. The van der Waals surface area contributed by atoms with Crippen LogP contribution in [0.4, 0.5) is 0 Å². The number of ether oxygens (including phenoxy) is 8. The molecule has 16 heteroatoms. The number of fused-ring (bicyclic) bond motifs is 28. The lowest BCUT2D eigenvalue weighted by Crippen LogP contribution is -2.57. The predicted octanol–water partition coefficient (Wildman–Crippen LogP) is 26.5. The largest absolute Gasteiger partial charge is 0.458 e. The zero-order chi connectivity index (χ0) is 92.9. The first-order valence-electron chi connectivity index (χ1n) is 47.9. The zero-order valence-electron chi connectivity index (χ0n) is 75.8. The van der Waals surface area contributed by atoms with E-state index < -0.39 is 0 Å². The molecule has 0 spiro atoms. The maximum atomic E-state index is 6.55. The van der Waals surface area contributed by atoms with Gasteiger partial charge in [-0.25, -0.2) is 0 Å². The van der Waals surface area contributed by atoms with Crippen LogP contribution >= 0.6 is 22.7 Å². The average Bonchev–Trinajstić information content (AvgIpc) is 0.824. The van der Waals surface area contributed by atoms with Crippen molar-refractivity contribution in [2.45, 2.75) is 0 Å². The van der Waals surface area contributed by atoms with Crippen molar-refractivity contribution in [3.05, 3.63) is 437 Å². The summed E-state index contributed by atoms with van der Waals surface area (Å²) in [5, 5.41) is 9.38. The van der Waals surface area contributed by atoms with Crippen LogP contribution in [-0.4, -0.2) is 26.9 Å². The van der Waals surface area contributed by atoms with Gasteiger partial charge < -0.3 is 46.7 Å². The van der Waals surface area contributed by atoms with Gasteiger partial charge in [0.1, 0.15) is 114 Å². The SMILES string of the molecule is c1cc2c3c(c1)Oc1cc4c(cc1B3c1cc3oc5ccccc5c3cc1O2)oc1ccccc14.c1cc2c3c(c1)Oc1cc4c(cc1B3c1cc3sc5ccccc5c3cc1O2)sc1ccccc14.c1ccc(-c2cc(-c3ccccc3)cc(-c3cc4c5c(c3)Oc3ccccc3B5c3ccccc3O4)c2)cc1.c1ccc(-c2cccc(-c3cc4c5c(c3)Oc3ccccc3B5c3ccccc3O4)c2)cc1. The number of hydrogen-bond donors (Lipinski definition) is 0. The van der Waals surface area contributed by atoms with Crippen molar-refractivity contribution in [3.63, 3.8) is 0 Å². The van der Waals surface area contributed by atoms with Crippen LogP contribution in [-0.2, 0) is 0 Å². The summed E-state index contributed by atoms with van der Waals surface area (Å²) < 4.78 is 69.6. The van der Waals surface area contributed by atoms with Crippen molar-refractivity contribution in [2.75, 3.05) is 0 Å². The molecule has 0 amide bonds. The van der Waals surface area contributed by atoms with Gasteiger partial charge in [-0.3, -0.25) is 0 Å². The van der Waals surface area contributed by atoms with E-state index in [-0.39, 0.29) is 26.9 Å². The van der Waals surface area contributed by atoms with E-state index in [0.29, 0.717) is 0 Å². The third-order valence-electron chi connectivity index (χ3n) is 29.2. The Hall–Kier alpha value is -17.7. The summed E-state index contributed by atoms with van der Waals surface area (Å²) in [6.45, 7) is 0.214. The number of hydrogen-bond acceptors (Lipinski definition) is 12. The Labute approximate surface area is 824 Å². The molecule has 142 heavy (non-hydrogen) atoms. The predicted molar refractivity (Wildman–Crippen MR) is 584 cm³/mol. The smallest absolute Gasteiger partial charge is 0.261 e. The van der Waals surface area contributed by atoms with E-state index in [4.69, 9.17) is 46.7 Å². The molecule has 0 aliphatic carbocycles. The number of thiophene rings is 2. The van der Waals surface area contributed by atoms with E-state index in [1.807, 2.05) is 114 Å². The third kappa shape index (κ3) is 13.0. The van der Waals surface area contributed by atoms with Crippen molar-refractivity contribution in [3.8, 4) is 148 Å². The standard InChI is InChI=1S/C36H23BO2.C30H15BO4.C30H15BO2S2.C30H19BO2/c1-3-11-24(12-4-1)26-19-27(25-13-5-2-6-14-25)21-28(20-26)29-22-34-36-35(23-29)39-33-18-10-8-16-31(33)37(36)30-15-7-9-17-32(30)38-34;1-3-8-22-16(6-1)18-12-28-20(14-26(18)32-22)31-21-15-27-19(17-7-2-4-9-23(17)33-27)13-29(21)35-25-11-5-10-24(34-28)30(25)31;1-3-10-26-16(6-1)18-12-24-20(14-28(18)34-26)31-21-15-29-19(17-7-2-4-11-27(17)35-29)13-25(21)33-23-9-5-8-22(32-24)30(23)31;1-2-9-20(10-3-1)21-11-8-12-22(17-21)23-18-28-30-29(19-23)33-27-16-7-5-14-25(27)31(30)24-13-4-6-15-26(24)32-28/h1-23H;2*1-15H;1-19H. The summed E-state index contributed by atoms with van der Waals surface area (Å²) in [5.41, 5.74) is 28.6. The van der Waals surface area contributed by atoms with Crippen LogP contribution in [0.3, 0.4) is 0 Å². The first-order chi connectivity index (χ1) is 70.3. The maximum Gasteiger partial charge on any atom is 0.261 e. The van der Waals surface area contributed by atoms with Crippen molar-refractivity contribution in [2.24, 2.45) is 0 Å². The summed E-state index contributed by atoms with van der Waals surface area (Å²) in [6, 6.07) is 152. The second-order valence-electron chi connectivity index (χ2n) is 37.2. The molecule has 10 nitrogen and oxygen atoms in total. The summed E-state index contributed by atoms with van der Waals surface area (Å²) in [7, 11) is 0. The molecule has 660 valence electrons. The number of rotatable bonds is 5. The second kappa shape index (κ2) is 31.9. The second-order valence-corrected chi connectivity index (χ2v) is 39.4. The molecule has 0 fully saturated rings. The first-order valence-corrected chi connectivity index (χ1v) is 49.6. The molecule has 0 saturated carbocycles. The molecule has 21 aromatic carbocycles. The zero-order valence-corrected chi connectivity index (χ0v) is 77.4. The fourth-order valence-corrected chi connectivity index (χ4v) is 25.0. The summed E-state index contributed by atoms with van der Waals surface area (Å²) >= 11 is 3.71. The number of furan rings is 2. The molecule has 8 aliphatic rings. The van der Waals surface area contributed by atoms with Crippen molar-refractivity contribution < 1.29 is 46.7 Å². The molecule has 33 rings (SSSR count). The Kier molecular flexibility index (Phi) is 18.1. The van der Waals surface area contributed by atoms with Crippen molar-refractivity contribution >= 4 is 199 Å². The molecule has 0 unspecified atom stereocenters. The minimum Gasteiger partial charge on any atom is -0.458 e. The third-order valence-corrected chi connectivity index (χ3v) is 31.4. The van der Waals surface area contributed by atoms with E-state index >= 15 is 0 Å². The lowest BCUT2D eigenvalue weighted by molar-refractivity contribution is 0.464. The van der Waals surface area contributed by atoms with E-state index in [2.05, 4.69) is 346 Å². The average molecular weight is 1850 g/mol. The van der Waals surface area contributed by atoms with Gasteiger partial charge in [-0.15, -0.1) is 22.7 Å². The van der Waals surface area contributed by atoms with Gasteiger partial charge in [-0.05, 0) is 269 Å². The highest BCUT2D eigenvalue weighted by Gasteiger charge is 2.46. The molecule has 0 radical (unpaired) electrons. The van der Waals surface area contributed by atoms with Crippen LogP contribution in [0.1, 0.15) is 0 Å². The quantitative estimate of drug-likeness (QED) is 0.155. The van der Waals surface area contributed by atoms with E-state index in [9.17, 15) is 0 Å². The van der Waals surface area contributed by atoms with E-state index in [1.54, 1.807) is 0 Å². The molecular weight excluding hydrogens is 1780 g/mol. The summed E-state index contributed by atoms with van der Waals surface area (Å²) in [4.78, 5) is 0. The molecule has 0 saturated heterocycles. The van der Waals surface area contributed by atoms with Gasteiger partial charge in [-0.1, -0.05) is 267 Å². The van der Waals surface area contributed by atoms with Gasteiger partial charge >= 0.3 is 0 Å². The first kappa shape index (κ1) is 80.4. The van der Waals surface area contributed by atoms with Crippen LogP contribution in [0.2, 0.25) is 0 Å². The molecular formula is C126H72B4O10S2. The van der Waals surface area contributed by atoms with Crippen LogP contribution in [0.15, 0.2) is 446 Å². The van der Waals surface area contributed by atoms with Gasteiger partial charge in [0.15, 0.2) is 0 Å². The molecule has 0 atom stereocenters. The molecule has 25 aromatic rings. The lowest BCUT2D eigenvalue weighted by Gasteiger charge is -2.33. The Morgan fingerprint density at radius 2 is 0.387 bits per heavy atom. The highest BCUT2D eigenvalue weighted by molar-refractivity contribution is 7.26. The number of para-hydroxylation sites is 6. The summed E-state index contributed by atoms with van der Waals surface area (Å²) in [6.07, 6.45) is 0. The fraction of sp³-hybridized carbons (Fsp3) is 0. The van der Waals surface area contributed by atoms with Gasteiger partial charge in [0.2, 0.25) is 0 Å². The highest BCUT2D eigenvalue weighted by atomic mass is 32.1. The van der Waals surface area contributed by atoms with Crippen LogP contribution in [0.25, 0.3) is 140 Å². The molecule has 4 aromatic heterocycles. The molecule has 12 heterocycles. The van der Waals surface area contributed by atoms with Crippen molar-refractivity contribution in [1.82, 2.24) is 0 Å². The molecule has 0 bridgehead atoms. The van der Waals surface area contributed by atoms with Crippen LogP contribution in [0, 0.1) is 0 Å².